The molecular weight excluding hydrogens is 244 g/mol. The van der Waals surface area contributed by atoms with Crippen LogP contribution in [0.25, 0.3) is 0 Å². The van der Waals surface area contributed by atoms with Crippen LogP contribution >= 0.6 is 0 Å². The molecule has 0 saturated heterocycles. The van der Waals surface area contributed by atoms with Crippen molar-refractivity contribution in [3.05, 3.63) is 22.2 Å². The Morgan fingerprint density at radius 1 is 1.59 bits per heavy atom. The molecule has 1 aromatic rings. The van der Waals surface area contributed by atoms with Crippen molar-refractivity contribution in [2.75, 3.05) is 29.6 Å². The van der Waals surface area contributed by atoms with Crippen LogP contribution in [0.2, 0.25) is 0 Å². The van der Waals surface area contributed by atoms with Crippen molar-refractivity contribution in [2.45, 2.75) is 6.42 Å². The highest BCUT2D eigenvalue weighted by Crippen LogP contribution is 2.22. The van der Waals surface area contributed by atoms with Crippen molar-refractivity contribution in [3.63, 3.8) is 0 Å². The summed E-state index contributed by atoms with van der Waals surface area (Å²) in [5.41, 5.74) is 5.34. The van der Waals surface area contributed by atoms with Crippen molar-refractivity contribution in [2.24, 2.45) is 0 Å². The second kappa shape index (κ2) is 6.14. The fourth-order valence-electron chi connectivity index (χ4n) is 1.23. The highest BCUT2D eigenvalue weighted by Gasteiger charge is 2.14. The number of nitrogens with zero attached hydrogens (tertiary/aromatic N) is 2. The first-order chi connectivity index (χ1) is 8.00. The zero-order valence-corrected chi connectivity index (χ0v) is 10.2. The molecule has 0 aromatic carbocycles. The van der Waals surface area contributed by atoms with Crippen LogP contribution in [0.5, 0.6) is 0 Å². The smallest absolute Gasteiger partial charge is 0.311 e. The van der Waals surface area contributed by atoms with Crippen LogP contribution in [0.1, 0.15) is 6.42 Å². The fraction of sp³-hybridized carbons (Fsp3) is 0.444. The normalized spacial score (nSPS) is 12.1. The van der Waals surface area contributed by atoms with E-state index >= 15 is 0 Å². The van der Waals surface area contributed by atoms with Crippen LogP contribution in [0.4, 0.5) is 17.3 Å². The monoisotopic (exact) mass is 258 g/mol. The van der Waals surface area contributed by atoms with Crippen molar-refractivity contribution in [1.82, 2.24) is 4.98 Å². The summed E-state index contributed by atoms with van der Waals surface area (Å²) < 4.78 is 10.8. The molecular formula is C9H14N4O3S. The molecule has 7 nitrogen and oxygen atoms in total. The van der Waals surface area contributed by atoms with Gasteiger partial charge in [-0.05, 0) is 12.5 Å². The van der Waals surface area contributed by atoms with Gasteiger partial charge in [-0.2, -0.15) is 0 Å². The first-order valence-corrected chi connectivity index (χ1v) is 6.68. The van der Waals surface area contributed by atoms with Crippen LogP contribution in [-0.2, 0) is 10.8 Å². The molecule has 0 amide bonds. The van der Waals surface area contributed by atoms with Gasteiger partial charge in [0.1, 0.15) is 5.82 Å². The van der Waals surface area contributed by atoms with Gasteiger partial charge in [0.15, 0.2) is 0 Å². The highest BCUT2D eigenvalue weighted by atomic mass is 32.2. The van der Waals surface area contributed by atoms with Crippen LogP contribution in [0, 0.1) is 10.1 Å². The Labute approximate surface area is 101 Å². The molecule has 0 bridgehead atoms. The topological polar surface area (TPSA) is 111 Å². The Morgan fingerprint density at radius 2 is 2.29 bits per heavy atom. The zero-order valence-electron chi connectivity index (χ0n) is 9.38. The lowest BCUT2D eigenvalue weighted by molar-refractivity contribution is -0.384. The van der Waals surface area contributed by atoms with Gasteiger partial charge in [-0.15, -0.1) is 0 Å². The van der Waals surface area contributed by atoms with Crippen molar-refractivity contribution in [1.29, 1.82) is 0 Å². The maximum absolute atomic E-state index is 10.8. The molecule has 0 radical (unpaired) electrons. The van der Waals surface area contributed by atoms with E-state index in [0.29, 0.717) is 18.7 Å². The largest absolute Gasteiger partial charge is 0.384 e. The molecule has 0 aliphatic heterocycles. The summed E-state index contributed by atoms with van der Waals surface area (Å²) in [6.07, 6.45) is 2.26. The quantitative estimate of drug-likeness (QED) is 0.442. The minimum atomic E-state index is -0.861. The molecule has 1 aromatic heterocycles. The van der Waals surface area contributed by atoms with E-state index in [4.69, 9.17) is 5.73 Å². The Kier molecular flexibility index (Phi) is 4.83. The van der Waals surface area contributed by atoms with E-state index in [1.165, 1.54) is 12.1 Å². The van der Waals surface area contributed by atoms with Crippen LogP contribution in [0.15, 0.2) is 12.1 Å². The third kappa shape index (κ3) is 4.35. The molecule has 1 rings (SSSR count). The van der Waals surface area contributed by atoms with Gasteiger partial charge in [0, 0.05) is 35.4 Å². The predicted octanol–water partition coefficient (Wildman–Crippen LogP) is 0.752. The molecule has 0 saturated carbocycles. The summed E-state index contributed by atoms with van der Waals surface area (Å²) in [4.78, 5) is 14.0. The number of hydrogen-bond donors (Lipinski definition) is 2. The summed E-state index contributed by atoms with van der Waals surface area (Å²) >= 11 is 0. The summed E-state index contributed by atoms with van der Waals surface area (Å²) in [6, 6.07) is 2.69. The number of nitrogen functional groups attached to an aromatic ring is 1. The molecule has 0 aliphatic carbocycles. The lowest BCUT2D eigenvalue weighted by Gasteiger charge is -2.06. The molecule has 94 valence electrons. The second-order valence-corrected chi connectivity index (χ2v) is 4.97. The number of anilines is 2. The summed E-state index contributed by atoms with van der Waals surface area (Å²) in [6.45, 7) is 0.469. The van der Waals surface area contributed by atoms with Gasteiger partial charge in [-0.1, -0.05) is 0 Å². The number of nitrogens with one attached hydrogen (secondary N) is 1. The van der Waals surface area contributed by atoms with E-state index in [1.807, 2.05) is 0 Å². The van der Waals surface area contributed by atoms with E-state index in [1.54, 1.807) is 6.26 Å². The van der Waals surface area contributed by atoms with E-state index in [0.717, 1.165) is 0 Å². The minimum absolute atomic E-state index is 0.114. The third-order valence-electron chi connectivity index (χ3n) is 1.99. The Balaban J connectivity index is 2.65. The Bertz CT molecular complexity index is 438. The van der Waals surface area contributed by atoms with Gasteiger partial charge in [0.2, 0.25) is 5.82 Å². The number of pyridine rings is 1. The molecule has 17 heavy (non-hydrogen) atoms. The number of rotatable bonds is 6. The zero-order chi connectivity index (χ0) is 12.8. The molecule has 1 unspecified atom stereocenters. The van der Waals surface area contributed by atoms with Gasteiger partial charge in [-0.3, -0.25) is 14.3 Å². The Morgan fingerprint density at radius 3 is 2.88 bits per heavy atom. The van der Waals surface area contributed by atoms with Crippen molar-refractivity contribution >= 4 is 28.1 Å². The lowest BCUT2D eigenvalue weighted by atomic mass is 10.3. The summed E-state index contributed by atoms with van der Waals surface area (Å²) in [5, 5.41) is 13.5. The molecule has 0 aliphatic rings. The standard InChI is InChI=1S/C9H14N4O3S/c1-17(16)6-2-5-11-9-7(13(14)15)3-4-8(10)12-9/h3-4H,2,5-6H2,1H3,(H3,10,11,12). The van der Waals surface area contributed by atoms with Crippen molar-refractivity contribution < 1.29 is 9.13 Å². The van der Waals surface area contributed by atoms with Gasteiger partial charge in [-0.25, -0.2) is 4.98 Å². The fourth-order valence-corrected chi connectivity index (χ4v) is 1.78. The Hall–Kier alpha value is -1.70. The van der Waals surface area contributed by atoms with E-state index in [2.05, 4.69) is 10.3 Å². The average molecular weight is 258 g/mol. The molecule has 1 atom stereocenters. The van der Waals surface area contributed by atoms with Crippen molar-refractivity contribution in [3.8, 4) is 0 Å². The molecule has 0 spiro atoms. The lowest BCUT2D eigenvalue weighted by Crippen LogP contribution is -2.09. The van der Waals surface area contributed by atoms with Gasteiger partial charge in [0.05, 0.1) is 4.92 Å². The number of hydrogen-bond acceptors (Lipinski definition) is 6. The van der Waals surface area contributed by atoms with Gasteiger partial charge < -0.3 is 11.1 Å². The molecule has 0 fully saturated rings. The summed E-state index contributed by atoms with van der Waals surface area (Å²) in [5.74, 6) is 0.914. The molecule has 8 heteroatoms. The first-order valence-electron chi connectivity index (χ1n) is 4.95. The van der Waals surface area contributed by atoms with Crippen LogP contribution in [0.3, 0.4) is 0 Å². The number of nitrogens with two attached hydrogens (primary N) is 1. The van der Waals surface area contributed by atoms with Crippen LogP contribution < -0.4 is 11.1 Å². The number of aromatic nitrogens is 1. The summed E-state index contributed by atoms with van der Waals surface area (Å²) in [7, 11) is -0.861. The molecule has 1 heterocycles. The maximum Gasteiger partial charge on any atom is 0.311 e. The predicted molar refractivity (Wildman–Crippen MR) is 67.3 cm³/mol. The first kappa shape index (κ1) is 13.4. The highest BCUT2D eigenvalue weighted by molar-refractivity contribution is 7.84. The number of nitro groups is 1. The van der Waals surface area contributed by atoms with E-state index in [-0.39, 0.29) is 17.3 Å². The maximum atomic E-state index is 10.8. The minimum Gasteiger partial charge on any atom is -0.384 e. The third-order valence-corrected chi connectivity index (χ3v) is 2.86. The average Bonchev–Trinajstić information content (AvgIpc) is 2.23. The van der Waals surface area contributed by atoms with E-state index in [9.17, 15) is 14.3 Å². The second-order valence-electron chi connectivity index (χ2n) is 3.42. The van der Waals surface area contributed by atoms with Crippen LogP contribution in [-0.4, -0.2) is 32.7 Å². The van der Waals surface area contributed by atoms with Gasteiger partial charge in [0.25, 0.3) is 0 Å². The SMILES string of the molecule is CS(=O)CCCNc1nc(N)ccc1[N+](=O)[O-]. The molecule has 3 N–H and O–H groups in total. The van der Waals surface area contributed by atoms with Gasteiger partial charge >= 0.3 is 5.69 Å². The van der Waals surface area contributed by atoms with E-state index < -0.39 is 15.7 Å².